The number of hydrogen-bond donors (Lipinski definition) is 4. The van der Waals surface area contributed by atoms with Gasteiger partial charge in [-0.25, -0.2) is 14.3 Å². The van der Waals surface area contributed by atoms with Crippen LogP contribution in [0.1, 0.15) is 19.4 Å². The van der Waals surface area contributed by atoms with E-state index in [1.165, 1.54) is 5.48 Å². The summed E-state index contributed by atoms with van der Waals surface area (Å²) < 4.78 is 31.8. The van der Waals surface area contributed by atoms with Crippen LogP contribution in [0.2, 0.25) is 0 Å². The van der Waals surface area contributed by atoms with Crippen LogP contribution in [-0.4, -0.2) is 47.4 Å². The molecule has 0 fully saturated rings. The number of carbonyl (C=O) groups is 1. The van der Waals surface area contributed by atoms with E-state index in [4.69, 9.17) is 9.94 Å². The molecular formula is C22H26F2N2O4. The third-order valence-corrected chi connectivity index (χ3v) is 5.21. The van der Waals surface area contributed by atoms with Gasteiger partial charge in [0, 0.05) is 12.1 Å². The number of nitrogens with one attached hydrogen (secondary N) is 2. The van der Waals surface area contributed by atoms with Crippen LogP contribution in [0.15, 0.2) is 54.6 Å². The third kappa shape index (κ3) is 4.84. The maximum atomic E-state index is 13.2. The van der Waals surface area contributed by atoms with Crippen molar-refractivity contribution in [3.63, 3.8) is 0 Å². The summed E-state index contributed by atoms with van der Waals surface area (Å²) in [5.41, 5.74) is -0.712. The van der Waals surface area contributed by atoms with E-state index in [9.17, 15) is 18.7 Å². The van der Waals surface area contributed by atoms with Gasteiger partial charge < -0.3 is 9.84 Å². The van der Waals surface area contributed by atoms with Crippen LogP contribution in [0.4, 0.5) is 8.78 Å². The van der Waals surface area contributed by atoms with Gasteiger partial charge in [-0.15, -0.1) is 0 Å². The highest BCUT2D eigenvalue weighted by Crippen LogP contribution is 2.30. The third-order valence-electron chi connectivity index (χ3n) is 5.21. The van der Waals surface area contributed by atoms with E-state index in [0.717, 1.165) is 36.3 Å². The van der Waals surface area contributed by atoms with Crippen LogP contribution in [0.3, 0.4) is 0 Å². The van der Waals surface area contributed by atoms with Crippen molar-refractivity contribution >= 4 is 12.0 Å². The summed E-state index contributed by atoms with van der Waals surface area (Å²) in [5, 5.41) is 21.6. The van der Waals surface area contributed by atoms with E-state index in [0.29, 0.717) is 0 Å². The van der Waals surface area contributed by atoms with Gasteiger partial charge in [-0.1, -0.05) is 54.6 Å². The molecule has 0 heterocycles. The predicted octanol–water partition coefficient (Wildman–Crippen LogP) is 3.25. The van der Waals surface area contributed by atoms with Crippen molar-refractivity contribution in [2.45, 2.75) is 31.4 Å². The number of rotatable bonds is 9. The molecule has 0 aromatic heterocycles. The first-order valence-electron chi connectivity index (χ1n) is 9.27. The Labute approximate surface area is 174 Å². The van der Waals surface area contributed by atoms with Crippen molar-refractivity contribution in [2.24, 2.45) is 0 Å². The zero-order valence-electron chi connectivity index (χ0n) is 17.0. The summed E-state index contributed by atoms with van der Waals surface area (Å²) in [7, 11) is 1.61. The van der Waals surface area contributed by atoms with Crippen molar-refractivity contribution in [1.29, 1.82) is 0 Å². The number of hydroxylamine groups is 1. The molecule has 162 valence electrons. The second kappa shape index (κ2) is 9.80. The van der Waals surface area contributed by atoms with Gasteiger partial charge in [0.1, 0.15) is 16.9 Å². The fraction of sp³-hybridized carbons (Fsp3) is 0.318. The Morgan fingerprint density at radius 3 is 2.37 bits per heavy atom. The molecule has 4 N–H and O–H groups in total. The van der Waals surface area contributed by atoms with Gasteiger partial charge in [0.15, 0.2) is 0 Å². The van der Waals surface area contributed by atoms with E-state index in [1.807, 2.05) is 48.5 Å². The van der Waals surface area contributed by atoms with Crippen molar-refractivity contribution in [2.75, 3.05) is 13.7 Å². The maximum absolute atomic E-state index is 13.2. The summed E-state index contributed by atoms with van der Waals surface area (Å²) in [4.78, 5) is 11.9. The number of hydrogen-bond acceptors (Lipinski definition) is 5. The number of para-hydroxylation sites is 1. The molecule has 2 rings (SSSR count). The highest BCUT2D eigenvalue weighted by atomic mass is 19.3. The Morgan fingerprint density at radius 2 is 1.80 bits per heavy atom. The topological polar surface area (TPSA) is 90.8 Å². The lowest BCUT2D eigenvalue weighted by Crippen LogP contribution is -2.69. The summed E-state index contributed by atoms with van der Waals surface area (Å²) in [6.45, 7) is 1.93. The minimum atomic E-state index is -3.21. The average molecular weight is 420 g/mol. The zero-order valence-corrected chi connectivity index (χ0v) is 17.0. The molecule has 2 aromatic carbocycles. The van der Waals surface area contributed by atoms with Crippen LogP contribution in [0.5, 0.6) is 5.75 Å². The predicted molar refractivity (Wildman–Crippen MR) is 110 cm³/mol. The first-order valence-corrected chi connectivity index (χ1v) is 9.27. The van der Waals surface area contributed by atoms with Crippen molar-refractivity contribution in [3.8, 4) is 16.9 Å². The molecule has 2 aromatic rings. The normalized spacial score (nSPS) is 15.6. The first-order chi connectivity index (χ1) is 14.2. The Bertz CT molecular complexity index is 885. The van der Waals surface area contributed by atoms with Crippen molar-refractivity contribution in [1.82, 2.24) is 10.8 Å². The van der Waals surface area contributed by atoms with Crippen molar-refractivity contribution < 1.29 is 28.6 Å². The van der Waals surface area contributed by atoms with E-state index < -0.39 is 23.5 Å². The molecule has 0 unspecified atom stereocenters. The smallest absolute Gasteiger partial charge is 0.268 e. The van der Waals surface area contributed by atoms with Gasteiger partial charge in [-0.3, -0.25) is 15.3 Å². The van der Waals surface area contributed by atoms with E-state index in [1.54, 1.807) is 19.3 Å². The minimum absolute atomic E-state index is 0.00104. The molecule has 8 heteroatoms. The molecule has 0 bridgehead atoms. The van der Waals surface area contributed by atoms with Gasteiger partial charge in [-0.05, 0) is 31.0 Å². The van der Waals surface area contributed by atoms with E-state index in [-0.39, 0.29) is 6.54 Å². The fourth-order valence-electron chi connectivity index (χ4n) is 2.93. The van der Waals surface area contributed by atoms with Crippen LogP contribution < -0.4 is 15.5 Å². The second-order valence-electron chi connectivity index (χ2n) is 7.12. The van der Waals surface area contributed by atoms with E-state index >= 15 is 0 Å². The van der Waals surface area contributed by atoms with Gasteiger partial charge in [0.25, 0.3) is 12.3 Å². The molecular weight excluding hydrogens is 394 g/mol. The highest BCUT2D eigenvalue weighted by molar-refractivity contribution is 5.86. The second-order valence-corrected chi connectivity index (χ2v) is 7.12. The Balaban J connectivity index is 2.10. The molecule has 0 saturated heterocycles. The van der Waals surface area contributed by atoms with Gasteiger partial charge in [0.2, 0.25) is 0 Å². The monoisotopic (exact) mass is 420 g/mol. The summed E-state index contributed by atoms with van der Waals surface area (Å²) >= 11 is 0. The Morgan fingerprint density at radius 1 is 1.17 bits per heavy atom. The fourth-order valence-corrected chi connectivity index (χ4v) is 2.93. The summed E-state index contributed by atoms with van der Waals surface area (Å²) in [5.74, 6) is -0.403. The number of halogens is 2. The van der Waals surface area contributed by atoms with Crippen LogP contribution in [0, 0.1) is 0 Å². The lowest BCUT2D eigenvalue weighted by molar-refractivity contribution is -0.166. The average Bonchev–Trinajstić information content (AvgIpc) is 2.76. The van der Waals surface area contributed by atoms with E-state index in [2.05, 4.69) is 5.32 Å². The largest absolute Gasteiger partial charge is 0.496 e. The summed E-state index contributed by atoms with van der Waals surface area (Å²) in [6.07, 6.45) is 0.162. The van der Waals surface area contributed by atoms with Crippen LogP contribution in [-0.2, 0) is 4.79 Å². The molecule has 6 nitrogen and oxygen atoms in total. The number of alkyl halides is 2. The molecule has 30 heavy (non-hydrogen) atoms. The quantitative estimate of drug-likeness (QED) is 0.369. The molecule has 1 amide bonds. The molecule has 0 aliphatic rings. The number of methoxy groups -OCH3 is 1. The molecule has 0 aliphatic carbocycles. The van der Waals surface area contributed by atoms with Gasteiger partial charge >= 0.3 is 0 Å². The van der Waals surface area contributed by atoms with Crippen LogP contribution in [0.25, 0.3) is 17.2 Å². The molecule has 0 radical (unpaired) electrons. The lowest BCUT2D eigenvalue weighted by Gasteiger charge is -2.40. The lowest BCUT2D eigenvalue weighted by atomic mass is 9.81. The number of carbonyl (C=O) groups excluding carboxylic acids is 1. The van der Waals surface area contributed by atoms with Crippen molar-refractivity contribution in [3.05, 3.63) is 60.2 Å². The molecule has 0 spiro atoms. The first kappa shape index (κ1) is 23.5. The van der Waals surface area contributed by atoms with Gasteiger partial charge in [0.05, 0.1) is 7.11 Å². The molecule has 0 saturated carbocycles. The Hall–Kier alpha value is -2.81. The molecule has 2 atom stereocenters. The van der Waals surface area contributed by atoms with Gasteiger partial charge in [-0.2, -0.15) is 0 Å². The molecule has 0 aliphatic heterocycles. The maximum Gasteiger partial charge on any atom is 0.268 e. The number of ether oxygens (including phenoxy) is 1. The summed E-state index contributed by atoms with van der Waals surface area (Å²) in [6, 6.07) is 15.3. The van der Waals surface area contributed by atoms with Crippen LogP contribution >= 0.6 is 0 Å². The number of aliphatic hydroxyl groups is 1. The Kier molecular flexibility index (Phi) is 7.66. The number of benzene rings is 2. The highest BCUT2D eigenvalue weighted by Gasteiger charge is 2.54. The SMILES string of the molecule is COc1ccccc1-c1ccc(/C=C/CN[C@](C)(C(=O)NO)[C@](C)(O)C(F)F)cc1. The standard InChI is InChI=1S/C22H26F2N2O4/c1-21(20(27)26-29,22(2,28)19(23)24)25-14-6-7-15-10-12-16(13-11-15)17-8-4-5-9-18(17)30-3/h4-13,19,25,28-29H,14H2,1-3H3,(H,26,27)/b7-6+/t21-,22-/m1/s1. The zero-order chi connectivity index (χ0) is 22.4. The number of amides is 1. The minimum Gasteiger partial charge on any atom is -0.496 e.